The van der Waals surface area contributed by atoms with Gasteiger partial charge in [-0.05, 0) is 30.4 Å². The van der Waals surface area contributed by atoms with Crippen LogP contribution in [0.25, 0.3) is 6.08 Å². The first-order chi connectivity index (χ1) is 9.76. The molecule has 0 aliphatic rings. The van der Waals surface area contributed by atoms with Crippen molar-refractivity contribution in [3.63, 3.8) is 0 Å². The highest BCUT2D eigenvalue weighted by Crippen LogP contribution is 2.20. The lowest BCUT2D eigenvalue weighted by Gasteiger charge is -2.06. The highest BCUT2D eigenvalue weighted by molar-refractivity contribution is 6.10. The van der Waals surface area contributed by atoms with Gasteiger partial charge in [0.15, 0.2) is 5.78 Å². The summed E-state index contributed by atoms with van der Waals surface area (Å²) < 4.78 is 5.25. The minimum atomic E-state index is -0.0409. The van der Waals surface area contributed by atoms with E-state index in [4.69, 9.17) is 4.74 Å². The topological polar surface area (TPSA) is 38.3 Å². The maximum atomic E-state index is 12.2. The summed E-state index contributed by atoms with van der Waals surface area (Å²) in [7, 11) is 3.42. The van der Waals surface area contributed by atoms with Crippen LogP contribution in [0.3, 0.4) is 0 Å². The van der Waals surface area contributed by atoms with Crippen molar-refractivity contribution < 1.29 is 9.53 Å². The lowest BCUT2D eigenvalue weighted by atomic mass is 10.1. The van der Waals surface area contributed by atoms with Gasteiger partial charge < -0.3 is 10.1 Å². The normalized spacial score (nSPS) is 10.5. The number of nitrogens with one attached hydrogen (secondary N) is 1. The van der Waals surface area contributed by atoms with Gasteiger partial charge in [0.1, 0.15) is 5.75 Å². The van der Waals surface area contributed by atoms with Crippen LogP contribution >= 0.6 is 0 Å². The molecule has 0 heterocycles. The molecular weight excluding hydrogens is 250 g/mol. The van der Waals surface area contributed by atoms with Crippen molar-refractivity contribution in [1.82, 2.24) is 0 Å². The third-order valence-corrected chi connectivity index (χ3v) is 3.02. The first-order valence-electron chi connectivity index (χ1n) is 6.38. The number of allylic oxidation sites excluding steroid dienone is 1. The second-order valence-corrected chi connectivity index (χ2v) is 4.24. The van der Waals surface area contributed by atoms with Crippen LogP contribution in [0, 0.1) is 0 Å². The number of hydrogen-bond acceptors (Lipinski definition) is 3. The highest BCUT2D eigenvalue weighted by atomic mass is 16.5. The van der Waals surface area contributed by atoms with E-state index in [1.807, 2.05) is 42.5 Å². The largest absolute Gasteiger partial charge is 0.496 e. The monoisotopic (exact) mass is 267 g/mol. The minimum absolute atomic E-state index is 0.0409. The van der Waals surface area contributed by atoms with Crippen molar-refractivity contribution in [2.45, 2.75) is 0 Å². The van der Waals surface area contributed by atoms with Crippen LogP contribution in [-0.2, 0) is 0 Å². The Morgan fingerprint density at radius 1 is 1.10 bits per heavy atom. The molecule has 0 unspecified atom stereocenters. The van der Waals surface area contributed by atoms with Crippen LogP contribution < -0.4 is 10.1 Å². The lowest BCUT2D eigenvalue weighted by molar-refractivity contribution is 0.104. The van der Waals surface area contributed by atoms with Crippen molar-refractivity contribution in [2.24, 2.45) is 0 Å². The number of rotatable bonds is 5. The maximum absolute atomic E-state index is 12.2. The van der Waals surface area contributed by atoms with Gasteiger partial charge in [-0.25, -0.2) is 0 Å². The van der Waals surface area contributed by atoms with Crippen LogP contribution in [0.1, 0.15) is 15.9 Å². The zero-order valence-corrected chi connectivity index (χ0v) is 11.6. The summed E-state index contributed by atoms with van der Waals surface area (Å²) in [5, 5.41) is 3.02. The third-order valence-electron chi connectivity index (χ3n) is 3.02. The fourth-order valence-electron chi connectivity index (χ4n) is 1.98. The summed E-state index contributed by atoms with van der Waals surface area (Å²) in [6.07, 6.45) is 3.33. The van der Waals surface area contributed by atoms with E-state index in [9.17, 15) is 4.79 Å². The summed E-state index contributed by atoms with van der Waals surface area (Å²) in [6, 6.07) is 15.0. The Morgan fingerprint density at radius 3 is 2.55 bits per heavy atom. The van der Waals surface area contributed by atoms with Gasteiger partial charge >= 0.3 is 0 Å². The van der Waals surface area contributed by atoms with Crippen LogP contribution in [0.4, 0.5) is 5.69 Å². The van der Waals surface area contributed by atoms with Gasteiger partial charge in [-0.1, -0.05) is 30.3 Å². The SMILES string of the molecule is CNc1ccccc1C(=O)/C=C/c1ccccc1OC. The standard InChI is InChI=1S/C17H17NO2/c1-18-15-9-5-4-8-14(15)16(19)12-11-13-7-3-6-10-17(13)20-2/h3-12,18H,1-2H3/b12-11+. The molecule has 3 nitrogen and oxygen atoms in total. The molecule has 0 radical (unpaired) electrons. The molecule has 20 heavy (non-hydrogen) atoms. The first-order valence-corrected chi connectivity index (χ1v) is 6.38. The van der Waals surface area contributed by atoms with E-state index in [1.54, 1.807) is 32.4 Å². The van der Waals surface area contributed by atoms with Gasteiger partial charge in [0.2, 0.25) is 0 Å². The molecule has 0 bridgehead atoms. The number of ketones is 1. The van der Waals surface area contributed by atoms with Gasteiger partial charge in [-0.3, -0.25) is 4.79 Å². The van der Waals surface area contributed by atoms with Crippen LogP contribution in [-0.4, -0.2) is 19.9 Å². The Morgan fingerprint density at radius 2 is 1.80 bits per heavy atom. The first kappa shape index (κ1) is 13.9. The van der Waals surface area contributed by atoms with E-state index >= 15 is 0 Å². The molecule has 102 valence electrons. The van der Waals surface area contributed by atoms with E-state index in [1.165, 1.54) is 0 Å². The van der Waals surface area contributed by atoms with E-state index in [0.29, 0.717) is 5.56 Å². The molecule has 0 saturated heterocycles. The van der Waals surface area contributed by atoms with E-state index in [2.05, 4.69) is 5.32 Å². The van der Waals surface area contributed by atoms with Crippen LogP contribution in [0.15, 0.2) is 54.6 Å². The molecule has 0 aliphatic carbocycles. The smallest absolute Gasteiger partial charge is 0.187 e. The quantitative estimate of drug-likeness (QED) is 0.664. The molecule has 0 amide bonds. The second-order valence-electron chi connectivity index (χ2n) is 4.24. The molecule has 1 N–H and O–H groups in total. The zero-order valence-electron chi connectivity index (χ0n) is 11.6. The number of ether oxygens (including phenoxy) is 1. The molecule has 0 atom stereocenters. The molecule has 3 heteroatoms. The molecular formula is C17H17NO2. The maximum Gasteiger partial charge on any atom is 0.187 e. The molecule has 2 aromatic rings. The summed E-state index contributed by atoms with van der Waals surface area (Å²) in [5.74, 6) is 0.708. The van der Waals surface area contributed by atoms with E-state index in [0.717, 1.165) is 17.0 Å². The summed E-state index contributed by atoms with van der Waals surface area (Å²) >= 11 is 0. The fourth-order valence-corrected chi connectivity index (χ4v) is 1.98. The Labute approximate surface area is 118 Å². The van der Waals surface area contributed by atoms with Gasteiger partial charge in [0, 0.05) is 23.9 Å². The molecule has 0 saturated carbocycles. The Kier molecular flexibility index (Phi) is 4.56. The number of anilines is 1. The summed E-state index contributed by atoms with van der Waals surface area (Å²) in [6.45, 7) is 0. The van der Waals surface area contributed by atoms with Crippen molar-refractivity contribution in [1.29, 1.82) is 0 Å². The van der Waals surface area contributed by atoms with Crippen LogP contribution in [0.2, 0.25) is 0 Å². The third kappa shape index (κ3) is 3.06. The number of carbonyl (C=O) groups is 1. The molecule has 0 fully saturated rings. The molecule has 0 aliphatic heterocycles. The molecule has 0 aromatic heterocycles. The van der Waals surface area contributed by atoms with E-state index < -0.39 is 0 Å². The summed E-state index contributed by atoms with van der Waals surface area (Å²) in [4.78, 5) is 12.2. The Bertz CT molecular complexity index is 632. The molecule has 2 rings (SSSR count). The average molecular weight is 267 g/mol. The number of carbonyl (C=O) groups excluding carboxylic acids is 1. The van der Waals surface area contributed by atoms with Gasteiger partial charge in [-0.15, -0.1) is 0 Å². The average Bonchev–Trinajstić information content (AvgIpc) is 2.52. The number of para-hydroxylation sites is 2. The van der Waals surface area contributed by atoms with Gasteiger partial charge in [-0.2, -0.15) is 0 Å². The summed E-state index contributed by atoms with van der Waals surface area (Å²) in [5.41, 5.74) is 2.36. The van der Waals surface area contributed by atoms with Crippen molar-refractivity contribution in [2.75, 3.05) is 19.5 Å². The van der Waals surface area contributed by atoms with Gasteiger partial charge in [0.25, 0.3) is 0 Å². The van der Waals surface area contributed by atoms with Gasteiger partial charge in [0.05, 0.1) is 7.11 Å². The molecule has 2 aromatic carbocycles. The fraction of sp³-hybridized carbons (Fsp3) is 0.118. The number of benzene rings is 2. The predicted molar refractivity (Wildman–Crippen MR) is 82.3 cm³/mol. The Hall–Kier alpha value is -2.55. The number of hydrogen-bond donors (Lipinski definition) is 1. The highest BCUT2D eigenvalue weighted by Gasteiger charge is 2.07. The van der Waals surface area contributed by atoms with E-state index in [-0.39, 0.29) is 5.78 Å². The molecule has 0 spiro atoms. The predicted octanol–water partition coefficient (Wildman–Crippen LogP) is 3.63. The van der Waals surface area contributed by atoms with Crippen LogP contribution in [0.5, 0.6) is 5.75 Å². The van der Waals surface area contributed by atoms with Crippen molar-refractivity contribution >= 4 is 17.5 Å². The zero-order chi connectivity index (χ0) is 14.4. The van der Waals surface area contributed by atoms with Crippen molar-refractivity contribution in [3.05, 3.63) is 65.7 Å². The van der Waals surface area contributed by atoms with Crippen molar-refractivity contribution in [3.8, 4) is 5.75 Å². The lowest BCUT2D eigenvalue weighted by Crippen LogP contribution is -2.00. The second kappa shape index (κ2) is 6.57. The Balaban J connectivity index is 2.25. The minimum Gasteiger partial charge on any atom is -0.496 e. The number of methoxy groups -OCH3 is 1.